The first-order valence-electron chi connectivity index (χ1n) is 7.54. The summed E-state index contributed by atoms with van der Waals surface area (Å²) in [6.45, 7) is 6.89. The Bertz CT molecular complexity index is 499. The van der Waals surface area contributed by atoms with Crippen LogP contribution < -0.4 is 0 Å². The zero-order valence-electron chi connectivity index (χ0n) is 12.8. The number of hydrogen-bond donors (Lipinski definition) is 1. The van der Waals surface area contributed by atoms with E-state index in [0.29, 0.717) is 17.1 Å². The minimum absolute atomic E-state index is 0.241. The van der Waals surface area contributed by atoms with Crippen LogP contribution in [0, 0.1) is 28.1 Å². The summed E-state index contributed by atoms with van der Waals surface area (Å²) in [4.78, 5) is 0. The summed E-state index contributed by atoms with van der Waals surface area (Å²) in [5, 5.41) is 19.2. The van der Waals surface area contributed by atoms with Gasteiger partial charge in [-0.05, 0) is 61.1 Å². The quantitative estimate of drug-likeness (QED) is 0.848. The highest BCUT2D eigenvalue weighted by Crippen LogP contribution is 2.46. The van der Waals surface area contributed by atoms with Gasteiger partial charge in [0.25, 0.3) is 0 Å². The van der Waals surface area contributed by atoms with Crippen molar-refractivity contribution in [2.45, 2.75) is 52.9 Å². The summed E-state index contributed by atoms with van der Waals surface area (Å²) in [6, 6.07) is 9.91. The Morgan fingerprint density at radius 1 is 1.30 bits per heavy atom. The maximum Gasteiger partial charge on any atom is 0.115 e. The zero-order valence-corrected chi connectivity index (χ0v) is 12.8. The largest absolute Gasteiger partial charge is 0.508 e. The van der Waals surface area contributed by atoms with Crippen LogP contribution in [0.25, 0.3) is 0 Å². The average Bonchev–Trinajstić information content (AvgIpc) is 2.38. The zero-order chi connectivity index (χ0) is 14.8. The summed E-state index contributed by atoms with van der Waals surface area (Å²) in [7, 11) is 0. The van der Waals surface area contributed by atoms with Crippen LogP contribution >= 0.6 is 0 Å². The van der Waals surface area contributed by atoms with E-state index in [1.165, 1.54) is 0 Å². The van der Waals surface area contributed by atoms with Crippen molar-refractivity contribution in [3.63, 3.8) is 0 Å². The molecule has 1 N–H and O–H groups in total. The van der Waals surface area contributed by atoms with Gasteiger partial charge in [-0.1, -0.05) is 32.9 Å². The Balaban J connectivity index is 2.08. The van der Waals surface area contributed by atoms with Crippen LogP contribution in [0.3, 0.4) is 0 Å². The van der Waals surface area contributed by atoms with Crippen molar-refractivity contribution in [3.8, 4) is 11.8 Å². The second kappa shape index (κ2) is 5.48. The van der Waals surface area contributed by atoms with Crippen molar-refractivity contribution < 1.29 is 5.11 Å². The van der Waals surface area contributed by atoms with Crippen molar-refractivity contribution in [2.75, 3.05) is 0 Å². The average molecular weight is 271 g/mol. The maximum atomic E-state index is 9.65. The highest BCUT2D eigenvalue weighted by molar-refractivity contribution is 5.29. The molecular formula is C18H25NO. The fourth-order valence-corrected chi connectivity index (χ4v) is 3.42. The van der Waals surface area contributed by atoms with E-state index in [1.807, 2.05) is 12.1 Å². The lowest BCUT2D eigenvalue weighted by molar-refractivity contribution is 0.120. The normalized spacial score (nSPS) is 27.0. The predicted molar refractivity (Wildman–Crippen MR) is 81.3 cm³/mol. The molecule has 0 aromatic heterocycles. The number of phenolic OH excluding ortho intramolecular Hbond substituents is 1. The van der Waals surface area contributed by atoms with Crippen LogP contribution in [0.5, 0.6) is 5.75 Å². The molecule has 2 heteroatoms. The molecule has 1 aliphatic rings. The van der Waals surface area contributed by atoms with E-state index in [1.54, 1.807) is 12.1 Å². The highest BCUT2D eigenvalue weighted by atomic mass is 16.3. The molecule has 2 rings (SSSR count). The van der Waals surface area contributed by atoms with Gasteiger partial charge in [0.2, 0.25) is 0 Å². The number of nitrogens with zero attached hydrogens (tertiary/aromatic N) is 1. The minimum atomic E-state index is -0.241. The van der Waals surface area contributed by atoms with Crippen LogP contribution in [0.15, 0.2) is 24.3 Å². The molecule has 108 valence electrons. The van der Waals surface area contributed by atoms with Gasteiger partial charge in [-0.25, -0.2) is 0 Å². The van der Waals surface area contributed by atoms with E-state index in [-0.39, 0.29) is 5.41 Å². The lowest BCUT2D eigenvalue weighted by atomic mass is 9.63. The van der Waals surface area contributed by atoms with Crippen molar-refractivity contribution in [2.24, 2.45) is 16.7 Å². The van der Waals surface area contributed by atoms with Gasteiger partial charge < -0.3 is 5.11 Å². The molecule has 0 bridgehead atoms. The lowest BCUT2D eigenvalue weighted by Gasteiger charge is -2.40. The topological polar surface area (TPSA) is 44.0 Å². The van der Waals surface area contributed by atoms with Gasteiger partial charge >= 0.3 is 0 Å². The van der Waals surface area contributed by atoms with Crippen molar-refractivity contribution >= 4 is 0 Å². The van der Waals surface area contributed by atoms with Crippen LogP contribution in [0.1, 0.15) is 52.0 Å². The Labute approximate surface area is 122 Å². The van der Waals surface area contributed by atoms with Crippen molar-refractivity contribution in [1.82, 2.24) is 0 Å². The molecule has 1 saturated carbocycles. The molecule has 1 aromatic rings. The summed E-state index contributed by atoms with van der Waals surface area (Å²) < 4.78 is 0. The van der Waals surface area contributed by atoms with Crippen molar-refractivity contribution in [1.29, 1.82) is 5.26 Å². The van der Waals surface area contributed by atoms with Gasteiger partial charge in [0.15, 0.2) is 0 Å². The number of hydrogen-bond acceptors (Lipinski definition) is 2. The first kappa shape index (κ1) is 14.9. The molecule has 1 fully saturated rings. The summed E-state index contributed by atoms with van der Waals surface area (Å²) >= 11 is 0. The third-order valence-corrected chi connectivity index (χ3v) is 4.86. The van der Waals surface area contributed by atoms with Gasteiger partial charge in [-0.3, -0.25) is 0 Å². The molecule has 0 radical (unpaired) electrons. The molecule has 1 aromatic carbocycles. The number of phenols is 1. The van der Waals surface area contributed by atoms with Gasteiger partial charge in [0.1, 0.15) is 5.75 Å². The van der Waals surface area contributed by atoms with Gasteiger partial charge in [0, 0.05) is 0 Å². The Hall–Kier alpha value is -1.49. The molecule has 1 aliphatic carbocycles. The summed E-state index contributed by atoms with van der Waals surface area (Å²) in [5.74, 6) is 1.01. The second-order valence-corrected chi connectivity index (χ2v) is 7.38. The van der Waals surface area contributed by atoms with E-state index in [0.717, 1.165) is 37.7 Å². The fourth-order valence-electron chi connectivity index (χ4n) is 3.42. The third-order valence-electron chi connectivity index (χ3n) is 4.86. The monoisotopic (exact) mass is 271 g/mol. The maximum absolute atomic E-state index is 9.65. The van der Waals surface area contributed by atoms with E-state index >= 15 is 0 Å². The van der Waals surface area contributed by atoms with E-state index in [9.17, 15) is 10.4 Å². The smallest absolute Gasteiger partial charge is 0.115 e. The fraction of sp³-hybridized carbons (Fsp3) is 0.611. The lowest BCUT2D eigenvalue weighted by Crippen LogP contribution is -2.33. The molecule has 0 aliphatic heterocycles. The molecule has 0 saturated heterocycles. The number of rotatable bonds is 2. The molecule has 0 amide bonds. The first-order chi connectivity index (χ1) is 9.35. The van der Waals surface area contributed by atoms with Gasteiger partial charge in [0.05, 0.1) is 11.5 Å². The third kappa shape index (κ3) is 3.33. The van der Waals surface area contributed by atoms with Gasteiger partial charge in [-0.2, -0.15) is 5.26 Å². The second-order valence-electron chi connectivity index (χ2n) is 7.38. The van der Waals surface area contributed by atoms with Crippen LogP contribution in [0.4, 0.5) is 0 Å². The molecule has 20 heavy (non-hydrogen) atoms. The molecule has 0 unspecified atom stereocenters. The standard InChI is InChI=1S/C18H25NO/c1-17(2,3)15-7-9-18(13-19,10-8-15)12-14-5-4-6-16(20)11-14/h4-6,11,15,20H,7-10,12H2,1-3H3. The van der Waals surface area contributed by atoms with E-state index in [2.05, 4.69) is 26.8 Å². The Morgan fingerprint density at radius 2 is 1.95 bits per heavy atom. The highest BCUT2D eigenvalue weighted by Gasteiger charge is 2.38. The SMILES string of the molecule is CC(C)(C)C1CCC(C#N)(Cc2cccc(O)c2)CC1. The molecule has 0 heterocycles. The van der Waals surface area contributed by atoms with Crippen LogP contribution in [-0.2, 0) is 6.42 Å². The predicted octanol–water partition coefficient (Wildman–Crippen LogP) is 4.68. The Kier molecular flexibility index (Phi) is 4.09. The molecule has 2 nitrogen and oxygen atoms in total. The number of aromatic hydroxyl groups is 1. The number of nitriles is 1. The summed E-state index contributed by atoms with van der Waals surface area (Å²) in [5.41, 5.74) is 1.17. The molecule has 0 spiro atoms. The molecular weight excluding hydrogens is 246 g/mol. The van der Waals surface area contributed by atoms with Gasteiger partial charge in [-0.15, -0.1) is 0 Å². The molecule has 0 atom stereocenters. The minimum Gasteiger partial charge on any atom is -0.508 e. The first-order valence-corrected chi connectivity index (χ1v) is 7.54. The van der Waals surface area contributed by atoms with Crippen LogP contribution in [0.2, 0.25) is 0 Å². The van der Waals surface area contributed by atoms with E-state index < -0.39 is 0 Å². The van der Waals surface area contributed by atoms with Crippen LogP contribution in [-0.4, -0.2) is 5.11 Å². The van der Waals surface area contributed by atoms with Crippen molar-refractivity contribution in [3.05, 3.63) is 29.8 Å². The van der Waals surface area contributed by atoms with E-state index in [4.69, 9.17) is 0 Å². The number of benzene rings is 1. The summed E-state index contributed by atoms with van der Waals surface area (Å²) in [6.07, 6.45) is 4.97. The Morgan fingerprint density at radius 3 is 2.45 bits per heavy atom.